The molecule has 1 aliphatic heterocycles. The smallest absolute Gasteiger partial charge is 0.0505 e. The summed E-state index contributed by atoms with van der Waals surface area (Å²) in [6, 6.07) is 0. The van der Waals surface area contributed by atoms with Gasteiger partial charge in [0.25, 0.3) is 0 Å². The van der Waals surface area contributed by atoms with Crippen LogP contribution in [0.4, 0.5) is 0 Å². The van der Waals surface area contributed by atoms with Crippen molar-refractivity contribution in [2.45, 2.75) is 20.8 Å². The fraction of sp³-hybridized carbons (Fsp3) is 0.400. The van der Waals surface area contributed by atoms with Crippen molar-refractivity contribution in [2.75, 3.05) is 0 Å². The monoisotopic (exact) mass is 147 g/mol. The highest BCUT2D eigenvalue weighted by Crippen LogP contribution is 2.04. The summed E-state index contributed by atoms with van der Waals surface area (Å²) in [7, 11) is 0. The van der Waals surface area contributed by atoms with Gasteiger partial charge in [-0.05, 0) is 24.5 Å². The van der Waals surface area contributed by atoms with Crippen molar-refractivity contribution in [3.05, 3.63) is 29.7 Å². The normalized spacial score (nSPS) is 16.4. The average molecular weight is 147 g/mol. The Labute approximate surface area is 67.8 Å². The van der Waals surface area contributed by atoms with Gasteiger partial charge in [-0.3, -0.25) is 4.99 Å². The second-order valence-corrected chi connectivity index (χ2v) is 3.04. The van der Waals surface area contributed by atoms with Gasteiger partial charge in [0, 0.05) is 12.3 Å². The van der Waals surface area contributed by atoms with Gasteiger partial charge < -0.3 is 0 Å². The predicted octanol–water partition coefficient (Wildman–Crippen LogP) is 2.71. The summed E-state index contributed by atoms with van der Waals surface area (Å²) in [6.07, 6.45) is 5.77. The molecule has 0 N–H and O–H groups in total. The van der Waals surface area contributed by atoms with E-state index in [0.717, 1.165) is 11.3 Å². The fourth-order valence-corrected chi connectivity index (χ4v) is 0.825. The summed E-state index contributed by atoms with van der Waals surface area (Å²) in [5.41, 5.74) is 5.32. The van der Waals surface area contributed by atoms with Crippen LogP contribution in [0.5, 0.6) is 0 Å². The summed E-state index contributed by atoms with van der Waals surface area (Å²) < 4.78 is 0. The number of hydrogen-bond donors (Lipinski definition) is 0. The SMILES string of the molecule is CC1=CN=C(C(C)C)C=C=C1. The summed E-state index contributed by atoms with van der Waals surface area (Å²) >= 11 is 0. The molecule has 0 unspecified atom stereocenters. The zero-order valence-electron chi connectivity index (χ0n) is 7.26. The molecule has 58 valence electrons. The van der Waals surface area contributed by atoms with Crippen LogP contribution in [0.3, 0.4) is 0 Å². The third kappa shape index (κ3) is 2.21. The van der Waals surface area contributed by atoms with Gasteiger partial charge in [-0.15, -0.1) is 5.73 Å². The molecule has 0 aromatic heterocycles. The zero-order valence-corrected chi connectivity index (χ0v) is 7.26. The van der Waals surface area contributed by atoms with E-state index in [1.54, 1.807) is 0 Å². The lowest BCUT2D eigenvalue weighted by molar-refractivity contribution is 0.889. The van der Waals surface area contributed by atoms with E-state index in [9.17, 15) is 0 Å². The molecule has 1 aliphatic rings. The van der Waals surface area contributed by atoms with Gasteiger partial charge in [-0.2, -0.15) is 0 Å². The van der Waals surface area contributed by atoms with Gasteiger partial charge in [-0.1, -0.05) is 13.8 Å². The lowest BCUT2D eigenvalue weighted by Gasteiger charge is -2.00. The third-order valence-corrected chi connectivity index (χ3v) is 1.55. The maximum Gasteiger partial charge on any atom is 0.0505 e. The van der Waals surface area contributed by atoms with E-state index < -0.39 is 0 Å². The number of allylic oxidation sites excluding steroid dienone is 2. The molecule has 0 aliphatic carbocycles. The standard InChI is InChI=1S/C10H13N/c1-8(2)10-6-4-5-9(3)7-11-10/h5-8H,1-3H3. The van der Waals surface area contributed by atoms with Crippen molar-refractivity contribution in [2.24, 2.45) is 10.9 Å². The second kappa shape index (κ2) is 3.36. The Balaban J connectivity index is 2.94. The Bertz CT molecular complexity index is 261. The van der Waals surface area contributed by atoms with Crippen molar-refractivity contribution >= 4 is 5.71 Å². The van der Waals surface area contributed by atoms with Crippen LogP contribution in [0.1, 0.15) is 20.8 Å². The molecular formula is C10H13N. The quantitative estimate of drug-likeness (QED) is 0.506. The molecule has 1 heteroatoms. The first-order valence-electron chi connectivity index (χ1n) is 3.87. The number of aliphatic imine (C=N–C) groups is 1. The van der Waals surface area contributed by atoms with Crippen molar-refractivity contribution in [1.82, 2.24) is 0 Å². The maximum absolute atomic E-state index is 4.31. The highest BCUT2D eigenvalue weighted by Gasteiger charge is 1.99. The molecule has 0 aromatic carbocycles. The van der Waals surface area contributed by atoms with Crippen molar-refractivity contribution in [1.29, 1.82) is 0 Å². The molecule has 0 saturated heterocycles. The molecule has 0 fully saturated rings. The summed E-state index contributed by atoms with van der Waals surface area (Å²) in [5.74, 6) is 0.484. The third-order valence-electron chi connectivity index (χ3n) is 1.55. The first kappa shape index (κ1) is 8.03. The molecule has 0 atom stereocenters. The molecule has 0 bridgehead atoms. The van der Waals surface area contributed by atoms with Gasteiger partial charge in [0.2, 0.25) is 0 Å². The first-order valence-corrected chi connectivity index (χ1v) is 3.87. The molecule has 0 spiro atoms. The Morgan fingerprint density at radius 1 is 1.36 bits per heavy atom. The minimum Gasteiger partial charge on any atom is -0.260 e. The van der Waals surface area contributed by atoms with Crippen LogP contribution in [0.15, 0.2) is 34.6 Å². The van der Waals surface area contributed by atoms with E-state index in [-0.39, 0.29) is 0 Å². The van der Waals surface area contributed by atoms with Crippen LogP contribution >= 0.6 is 0 Å². The zero-order chi connectivity index (χ0) is 8.27. The fourth-order valence-electron chi connectivity index (χ4n) is 0.825. The van der Waals surface area contributed by atoms with Crippen LogP contribution < -0.4 is 0 Å². The highest BCUT2D eigenvalue weighted by atomic mass is 14.7. The largest absolute Gasteiger partial charge is 0.260 e. The van der Waals surface area contributed by atoms with Gasteiger partial charge in [0.15, 0.2) is 0 Å². The highest BCUT2D eigenvalue weighted by molar-refractivity contribution is 5.96. The van der Waals surface area contributed by atoms with E-state index in [0.29, 0.717) is 5.92 Å². The minimum atomic E-state index is 0.484. The van der Waals surface area contributed by atoms with Crippen molar-refractivity contribution < 1.29 is 0 Å². The van der Waals surface area contributed by atoms with Crippen molar-refractivity contribution in [3.63, 3.8) is 0 Å². The van der Waals surface area contributed by atoms with E-state index in [4.69, 9.17) is 0 Å². The molecule has 0 aromatic rings. The second-order valence-electron chi connectivity index (χ2n) is 3.04. The lowest BCUT2D eigenvalue weighted by atomic mass is 10.1. The Kier molecular flexibility index (Phi) is 2.45. The molecule has 0 saturated carbocycles. The van der Waals surface area contributed by atoms with E-state index in [2.05, 4.69) is 24.6 Å². The van der Waals surface area contributed by atoms with Crippen LogP contribution in [0, 0.1) is 5.92 Å². The van der Waals surface area contributed by atoms with Crippen molar-refractivity contribution in [3.8, 4) is 0 Å². The van der Waals surface area contributed by atoms with Gasteiger partial charge in [-0.25, -0.2) is 0 Å². The first-order chi connectivity index (χ1) is 5.20. The van der Waals surface area contributed by atoms with Gasteiger partial charge >= 0.3 is 0 Å². The average Bonchev–Trinajstić information content (AvgIpc) is 2.13. The Morgan fingerprint density at radius 2 is 2.09 bits per heavy atom. The van der Waals surface area contributed by atoms with Crippen LogP contribution in [-0.4, -0.2) is 5.71 Å². The summed E-state index contributed by atoms with van der Waals surface area (Å²) in [6.45, 7) is 6.28. The Morgan fingerprint density at radius 3 is 2.73 bits per heavy atom. The van der Waals surface area contributed by atoms with Crippen LogP contribution in [0.25, 0.3) is 0 Å². The number of rotatable bonds is 1. The van der Waals surface area contributed by atoms with Gasteiger partial charge in [0.1, 0.15) is 0 Å². The number of nitrogens with zero attached hydrogens (tertiary/aromatic N) is 1. The molecule has 1 heterocycles. The van der Waals surface area contributed by atoms with Crippen LogP contribution in [0.2, 0.25) is 0 Å². The molecule has 11 heavy (non-hydrogen) atoms. The molecule has 1 nitrogen and oxygen atoms in total. The molecule has 0 radical (unpaired) electrons. The van der Waals surface area contributed by atoms with E-state index in [1.165, 1.54) is 0 Å². The maximum atomic E-state index is 4.31. The topological polar surface area (TPSA) is 12.4 Å². The van der Waals surface area contributed by atoms with Gasteiger partial charge in [0.05, 0.1) is 5.71 Å². The Hall–Kier alpha value is -1.07. The molecule has 0 amide bonds. The molecule has 1 rings (SSSR count). The van der Waals surface area contributed by atoms with E-state index in [1.807, 2.05) is 25.3 Å². The molecular weight excluding hydrogens is 134 g/mol. The van der Waals surface area contributed by atoms with E-state index >= 15 is 0 Å². The summed E-state index contributed by atoms with van der Waals surface area (Å²) in [5, 5.41) is 0. The predicted molar refractivity (Wildman–Crippen MR) is 48.7 cm³/mol. The minimum absolute atomic E-state index is 0.484. The van der Waals surface area contributed by atoms with Crippen LogP contribution in [-0.2, 0) is 0 Å². The summed E-state index contributed by atoms with van der Waals surface area (Å²) in [4.78, 5) is 4.31. The lowest BCUT2D eigenvalue weighted by Crippen LogP contribution is -2.01. The number of hydrogen-bond acceptors (Lipinski definition) is 1.